The van der Waals surface area contributed by atoms with Crippen LogP contribution in [0.3, 0.4) is 0 Å². The van der Waals surface area contributed by atoms with Gasteiger partial charge in [-0.1, -0.05) is 26.3 Å². The van der Waals surface area contributed by atoms with Crippen LogP contribution in [0.15, 0.2) is 44.9 Å². The smallest absolute Gasteiger partial charge is 0.246 e. The van der Waals surface area contributed by atoms with E-state index in [1.165, 1.54) is 29.6 Å². The lowest BCUT2D eigenvalue weighted by Crippen LogP contribution is -2.38. The fourth-order valence-corrected chi connectivity index (χ4v) is 5.36. The minimum atomic E-state index is -3.88. The molecule has 1 fully saturated rings. The summed E-state index contributed by atoms with van der Waals surface area (Å²) in [5.41, 5.74) is 4.28. The number of amidine groups is 2. The van der Waals surface area contributed by atoms with Gasteiger partial charge < -0.3 is 9.84 Å². The fourth-order valence-electron chi connectivity index (χ4n) is 3.74. The van der Waals surface area contributed by atoms with Gasteiger partial charge in [-0.3, -0.25) is 15.0 Å². The molecule has 3 rings (SSSR count). The van der Waals surface area contributed by atoms with Gasteiger partial charge in [-0.2, -0.15) is 4.31 Å². The highest BCUT2D eigenvalue weighted by atomic mass is 32.2. The van der Waals surface area contributed by atoms with Gasteiger partial charge in [0.15, 0.2) is 17.4 Å². The maximum atomic E-state index is 13.1. The van der Waals surface area contributed by atoms with Gasteiger partial charge in [0.1, 0.15) is 22.4 Å². The molecule has 0 radical (unpaired) electrons. The Morgan fingerprint density at radius 2 is 1.97 bits per heavy atom. The maximum absolute atomic E-state index is 13.1. The molecule has 2 heterocycles. The molecule has 1 unspecified atom stereocenters. The number of rotatable bonds is 6. The van der Waals surface area contributed by atoms with Crippen molar-refractivity contribution in [2.45, 2.75) is 51.0 Å². The first-order chi connectivity index (χ1) is 16.1. The topological polar surface area (TPSA) is 145 Å². The van der Waals surface area contributed by atoms with E-state index in [1.54, 1.807) is 0 Å². The first kappa shape index (κ1) is 25.9. The molecule has 0 amide bonds. The van der Waals surface area contributed by atoms with E-state index in [1.807, 2.05) is 32.3 Å². The molecule has 0 aliphatic carbocycles. The van der Waals surface area contributed by atoms with E-state index in [4.69, 9.17) is 9.57 Å². The van der Waals surface area contributed by atoms with Crippen LogP contribution in [0.25, 0.3) is 0 Å². The van der Waals surface area contributed by atoms with E-state index in [0.29, 0.717) is 18.8 Å². The molecule has 1 atom stereocenters. The van der Waals surface area contributed by atoms with Gasteiger partial charge in [0.25, 0.3) is 0 Å². The van der Waals surface area contributed by atoms with E-state index in [-0.39, 0.29) is 40.3 Å². The lowest BCUT2D eigenvalue weighted by molar-refractivity contribution is 0.0934. The third-order valence-corrected chi connectivity index (χ3v) is 7.90. The normalized spacial score (nSPS) is 21.7. The molecule has 11 nitrogen and oxygen atoms in total. The van der Waals surface area contributed by atoms with Crippen LogP contribution in [0.2, 0.25) is 0 Å². The highest BCUT2D eigenvalue weighted by molar-refractivity contribution is 7.89. The Morgan fingerprint density at radius 3 is 2.56 bits per heavy atom. The van der Waals surface area contributed by atoms with Gasteiger partial charge in [-0.25, -0.2) is 24.4 Å². The van der Waals surface area contributed by atoms with Crippen molar-refractivity contribution in [1.29, 1.82) is 0 Å². The van der Waals surface area contributed by atoms with Gasteiger partial charge in [0.05, 0.1) is 13.7 Å². The number of nitrogens with zero attached hydrogens (tertiary/aromatic N) is 3. The average molecular weight is 496 g/mol. The summed E-state index contributed by atoms with van der Waals surface area (Å²) in [7, 11) is -2.54. The Kier molecular flexibility index (Phi) is 8.18. The summed E-state index contributed by atoms with van der Waals surface area (Å²) in [5.74, 6) is -0.0243. The number of benzene rings is 1. The van der Waals surface area contributed by atoms with E-state index >= 15 is 0 Å². The molecule has 0 spiro atoms. The number of piperidine rings is 1. The zero-order valence-corrected chi connectivity index (χ0v) is 20.7. The number of aliphatic imine (C=N–C) groups is 2. The summed E-state index contributed by atoms with van der Waals surface area (Å²) < 4.78 is 33.3. The van der Waals surface area contributed by atoms with Gasteiger partial charge in [0.2, 0.25) is 10.0 Å². The van der Waals surface area contributed by atoms with Crippen molar-refractivity contribution in [3.8, 4) is 5.75 Å². The Morgan fingerprint density at radius 1 is 1.26 bits per heavy atom. The summed E-state index contributed by atoms with van der Waals surface area (Å²) in [5, 5.41) is 20.5. The van der Waals surface area contributed by atoms with Gasteiger partial charge in [-0.05, 0) is 38.0 Å². The summed E-state index contributed by atoms with van der Waals surface area (Å²) in [6, 6.07) is 4.28. The quantitative estimate of drug-likeness (QED) is 0.268. The highest BCUT2D eigenvalue weighted by Gasteiger charge is 2.33. The second-order valence-corrected chi connectivity index (χ2v) is 10.7. The van der Waals surface area contributed by atoms with E-state index in [2.05, 4.69) is 15.5 Å². The molecule has 188 valence electrons. The van der Waals surface area contributed by atoms with Crippen LogP contribution in [0, 0.1) is 5.41 Å². The van der Waals surface area contributed by atoms with Crippen LogP contribution in [0.1, 0.15) is 40.0 Å². The van der Waals surface area contributed by atoms with Gasteiger partial charge in [0, 0.05) is 18.5 Å². The lowest BCUT2D eigenvalue weighted by Gasteiger charge is -2.26. The van der Waals surface area contributed by atoms with Crippen LogP contribution in [0.5, 0.6) is 5.75 Å². The highest BCUT2D eigenvalue weighted by Crippen LogP contribution is 2.36. The van der Waals surface area contributed by atoms with Crippen LogP contribution >= 0.6 is 0 Å². The number of hydrogen-bond donors (Lipinski definition) is 4. The Hall–Kier alpha value is -2.67. The molecule has 0 aromatic heterocycles. The largest absolute Gasteiger partial charge is 0.504 e. The standard InChI is InChI=1S/C22H33N5O6S/c1-15-22(2,3)13-16(33-15)14-23-20(25-29)21(26-32-4)24-17-9-8-10-18(19(17)28)34(30,31)27-11-6-5-7-12-27/h8-10,13,15,28-29H,5-7,11-12,14H2,1-4H3,(H,23,25)(H,24,26). The fraction of sp³-hybridized carbons (Fsp3) is 0.545. The molecule has 2 aliphatic rings. The van der Waals surface area contributed by atoms with Crippen LogP contribution in [-0.2, 0) is 19.6 Å². The predicted molar refractivity (Wildman–Crippen MR) is 128 cm³/mol. The first-order valence-corrected chi connectivity index (χ1v) is 12.6. The summed E-state index contributed by atoms with van der Waals surface area (Å²) >= 11 is 0. The van der Waals surface area contributed by atoms with Gasteiger partial charge in [-0.15, -0.1) is 0 Å². The third-order valence-electron chi connectivity index (χ3n) is 5.97. The minimum Gasteiger partial charge on any atom is -0.504 e. The van der Waals surface area contributed by atoms with E-state index < -0.39 is 15.8 Å². The van der Waals surface area contributed by atoms with Crippen molar-refractivity contribution in [3.63, 3.8) is 0 Å². The van der Waals surface area contributed by atoms with E-state index in [0.717, 1.165) is 19.3 Å². The van der Waals surface area contributed by atoms with Crippen LogP contribution in [-0.4, -0.2) is 67.6 Å². The molecule has 1 saturated heterocycles. The van der Waals surface area contributed by atoms with Crippen molar-refractivity contribution in [2.24, 2.45) is 15.4 Å². The number of nitrogens with one attached hydrogen (secondary N) is 2. The lowest BCUT2D eigenvalue weighted by atomic mass is 9.89. The second kappa shape index (κ2) is 10.7. The molecule has 34 heavy (non-hydrogen) atoms. The monoisotopic (exact) mass is 495 g/mol. The zero-order valence-electron chi connectivity index (χ0n) is 19.9. The molecule has 2 aliphatic heterocycles. The molecular weight excluding hydrogens is 462 g/mol. The molecular formula is C22H33N5O6S. The number of hydrogen-bond acceptors (Lipinski definition) is 8. The maximum Gasteiger partial charge on any atom is 0.246 e. The summed E-state index contributed by atoms with van der Waals surface area (Å²) in [6.45, 7) is 7.00. The first-order valence-electron chi connectivity index (χ1n) is 11.1. The molecule has 1 aromatic carbocycles. The SMILES string of the molecule is CONC(=Nc1cccc(S(=O)(=O)N2CCCCC2)c1O)C(=NCC1=CC(C)(C)C(C)O1)NO. The number of sulfonamides is 1. The summed E-state index contributed by atoms with van der Waals surface area (Å²) in [6.07, 6.45) is 4.48. The molecule has 1 aromatic rings. The van der Waals surface area contributed by atoms with Gasteiger partial charge >= 0.3 is 0 Å². The predicted octanol–water partition coefficient (Wildman–Crippen LogP) is 2.45. The number of ether oxygens (including phenoxy) is 1. The molecule has 0 saturated carbocycles. The summed E-state index contributed by atoms with van der Waals surface area (Å²) in [4.78, 5) is 13.3. The molecule has 12 heteroatoms. The minimum absolute atomic E-state index is 0.0185. The number of aromatic hydroxyl groups is 1. The van der Waals surface area contributed by atoms with Crippen LogP contribution < -0.4 is 11.0 Å². The zero-order chi connectivity index (χ0) is 24.9. The molecule has 4 N–H and O–H groups in total. The number of para-hydroxylation sites is 1. The Labute approximate surface area is 200 Å². The number of hydroxylamine groups is 2. The number of phenols is 1. The van der Waals surface area contributed by atoms with Crippen molar-refractivity contribution in [1.82, 2.24) is 15.3 Å². The molecule has 0 bridgehead atoms. The average Bonchev–Trinajstić information content (AvgIpc) is 3.07. The second-order valence-electron chi connectivity index (χ2n) is 8.82. The van der Waals surface area contributed by atoms with E-state index in [9.17, 15) is 18.7 Å². The number of phenolic OH excluding ortho intramolecular Hbond substituents is 1. The van der Waals surface area contributed by atoms with Crippen molar-refractivity contribution in [3.05, 3.63) is 30.0 Å². The van der Waals surface area contributed by atoms with Crippen molar-refractivity contribution >= 4 is 27.4 Å². The Balaban J connectivity index is 1.92. The van der Waals surface area contributed by atoms with Crippen LogP contribution in [0.4, 0.5) is 5.69 Å². The Bertz CT molecular complexity index is 1080. The van der Waals surface area contributed by atoms with Crippen molar-refractivity contribution in [2.75, 3.05) is 26.7 Å². The van der Waals surface area contributed by atoms with Crippen molar-refractivity contribution < 1.29 is 28.3 Å². The third kappa shape index (κ3) is 5.69.